The molecule has 74 valence electrons. The molecular formula is C9H15ClN2O. The Kier molecular flexibility index (Phi) is 3.75. The minimum atomic E-state index is 0.420. The van der Waals surface area contributed by atoms with Gasteiger partial charge >= 0.3 is 0 Å². The number of hydrogen-bond acceptors (Lipinski definition) is 2. The second-order valence-electron chi connectivity index (χ2n) is 3.26. The van der Waals surface area contributed by atoms with E-state index in [4.69, 9.17) is 16.3 Å². The maximum atomic E-state index is 6.10. The molecule has 0 radical (unpaired) electrons. The number of methoxy groups -OCH3 is 1. The summed E-state index contributed by atoms with van der Waals surface area (Å²) in [6.07, 6.45) is 1.82. The molecule has 0 unspecified atom stereocenters. The van der Waals surface area contributed by atoms with Gasteiger partial charge in [0.1, 0.15) is 5.15 Å². The number of ether oxygens (including phenoxy) is 1. The number of nitrogens with zero attached hydrogens (tertiary/aromatic N) is 2. The van der Waals surface area contributed by atoms with Crippen molar-refractivity contribution < 1.29 is 4.74 Å². The van der Waals surface area contributed by atoms with Crippen molar-refractivity contribution in [2.45, 2.75) is 26.3 Å². The molecule has 0 aliphatic carbocycles. The SMILES string of the molecule is COCCn1ncc(C(C)C)c1Cl. The lowest BCUT2D eigenvalue weighted by Crippen LogP contribution is -2.05. The Balaban J connectivity index is 2.74. The lowest BCUT2D eigenvalue weighted by molar-refractivity contribution is 0.183. The van der Waals surface area contributed by atoms with E-state index >= 15 is 0 Å². The van der Waals surface area contributed by atoms with Crippen molar-refractivity contribution in [1.29, 1.82) is 0 Å². The molecular weight excluding hydrogens is 188 g/mol. The summed E-state index contributed by atoms with van der Waals surface area (Å²) >= 11 is 6.10. The Morgan fingerprint density at radius 3 is 2.77 bits per heavy atom. The van der Waals surface area contributed by atoms with E-state index in [-0.39, 0.29) is 0 Å². The Morgan fingerprint density at radius 2 is 2.31 bits per heavy atom. The van der Waals surface area contributed by atoms with Crippen molar-refractivity contribution in [3.05, 3.63) is 16.9 Å². The van der Waals surface area contributed by atoms with Crippen molar-refractivity contribution in [2.24, 2.45) is 0 Å². The molecule has 4 heteroatoms. The van der Waals surface area contributed by atoms with Crippen LogP contribution in [0.4, 0.5) is 0 Å². The molecule has 1 aromatic heterocycles. The molecule has 0 N–H and O–H groups in total. The molecule has 1 rings (SSSR count). The van der Waals surface area contributed by atoms with E-state index in [9.17, 15) is 0 Å². The van der Waals surface area contributed by atoms with E-state index in [2.05, 4.69) is 18.9 Å². The summed E-state index contributed by atoms with van der Waals surface area (Å²) < 4.78 is 6.72. The zero-order chi connectivity index (χ0) is 9.84. The minimum Gasteiger partial charge on any atom is -0.383 e. The van der Waals surface area contributed by atoms with Gasteiger partial charge in [-0.25, -0.2) is 0 Å². The van der Waals surface area contributed by atoms with Crippen LogP contribution < -0.4 is 0 Å². The molecule has 0 fully saturated rings. The summed E-state index contributed by atoms with van der Waals surface area (Å²) in [7, 11) is 1.67. The predicted molar refractivity (Wildman–Crippen MR) is 53.2 cm³/mol. The molecule has 0 atom stereocenters. The van der Waals surface area contributed by atoms with Crippen molar-refractivity contribution >= 4 is 11.6 Å². The highest BCUT2D eigenvalue weighted by Crippen LogP contribution is 2.23. The molecule has 1 heterocycles. The average molecular weight is 203 g/mol. The summed E-state index contributed by atoms with van der Waals surface area (Å²) in [4.78, 5) is 0. The van der Waals surface area contributed by atoms with Crippen LogP contribution in [-0.4, -0.2) is 23.5 Å². The summed E-state index contributed by atoms with van der Waals surface area (Å²) in [6.45, 7) is 5.55. The smallest absolute Gasteiger partial charge is 0.130 e. The summed E-state index contributed by atoms with van der Waals surface area (Å²) in [5, 5.41) is 4.91. The number of hydrogen-bond donors (Lipinski definition) is 0. The van der Waals surface area contributed by atoms with Crippen LogP contribution in [0, 0.1) is 0 Å². The number of rotatable bonds is 4. The monoisotopic (exact) mass is 202 g/mol. The molecule has 13 heavy (non-hydrogen) atoms. The van der Waals surface area contributed by atoms with E-state index in [1.54, 1.807) is 11.8 Å². The van der Waals surface area contributed by atoms with E-state index < -0.39 is 0 Å². The molecule has 0 spiro atoms. The topological polar surface area (TPSA) is 27.1 Å². The first-order chi connectivity index (χ1) is 6.16. The molecule has 0 aromatic carbocycles. The zero-order valence-corrected chi connectivity index (χ0v) is 9.01. The third-order valence-corrected chi connectivity index (χ3v) is 2.34. The first-order valence-electron chi connectivity index (χ1n) is 4.37. The fourth-order valence-electron chi connectivity index (χ4n) is 1.11. The first-order valence-corrected chi connectivity index (χ1v) is 4.74. The van der Waals surface area contributed by atoms with E-state index in [0.29, 0.717) is 19.1 Å². The van der Waals surface area contributed by atoms with E-state index in [1.165, 1.54) is 0 Å². The normalized spacial score (nSPS) is 11.2. The van der Waals surface area contributed by atoms with Crippen LogP contribution in [0.1, 0.15) is 25.3 Å². The molecule has 0 aliphatic heterocycles. The number of halogens is 1. The van der Waals surface area contributed by atoms with Gasteiger partial charge in [0, 0.05) is 12.7 Å². The van der Waals surface area contributed by atoms with Gasteiger partial charge in [0.2, 0.25) is 0 Å². The van der Waals surface area contributed by atoms with Crippen molar-refractivity contribution in [1.82, 2.24) is 9.78 Å². The molecule has 0 bridgehead atoms. The van der Waals surface area contributed by atoms with Crippen LogP contribution in [-0.2, 0) is 11.3 Å². The van der Waals surface area contributed by atoms with Crippen LogP contribution in [0.25, 0.3) is 0 Å². The maximum Gasteiger partial charge on any atom is 0.130 e. The van der Waals surface area contributed by atoms with Crippen LogP contribution in [0.5, 0.6) is 0 Å². The molecule has 0 saturated heterocycles. The van der Waals surface area contributed by atoms with Crippen molar-refractivity contribution in [3.8, 4) is 0 Å². The third-order valence-electron chi connectivity index (χ3n) is 1.93. The number of aromatic nitrogens is 2. The Hall–Kier alpha value is -0.540. The van der Waals surface area contributed by atoms with Gasteiger partial charge in [0.05, 0.1) is 19.3 Å². The average Bonchev–Trinajstić information content (AvgIpc) is 2.43. The Labute approximate surface area is 83.6 Å². The molecule has 0 aliphatic rings. The quantitative estimate of drug-likeness (QED) is 0.749. The van der Waals surface area contributed by atoms with Gasteiger partial charge in [0.15, 0.2) is 0 Å². The van der Waals surface area contributed by atoms with Gasteiger partial charge < -0.3 is 4.74 Å². The third kappa shape index (κ3) is 2.45. The van der Waals surface area contributed by atoms with Gasteiger partial charge in [0.25, 0.3) is 0 Å². The highest BCUT2D eigenvalue weighted by Gasteiger charge is 2.10. The van der Waals surface area contributed by atoms with Gasteiger partial charge in [-0.2, -0.15) is 5.10 Å². The lowest BCUT2D eigenvalue weighted by atomic mass is 10.1. The van der Waals surface area contributed by atoms with Crippen LogP contribution in [0.3, 0.4) is 0 Å². The van der Waals surface area contributed by atoms with Crippen molar-refractivity contribution in [2.75, 3.05) is 13.7 Å². The second kappa shape index (κ2) is 4.63. The fraction of sp³-hybridized carbons (Fsp3) is 0.667. The fourth-order valence-corrected chi connectivity index (χ4v) is 1.50. The van der Waals surface area contributed by atoms with Gasteiger partial charge in [-0.05, 0) is 5.92 Å². The highest BCUT2D eigenvalue weighted by atomic mass is 35.5. The summed E-state index contributed by atoms with van der Waals surface area (Å²) in [5.74, 6) is 0.420. The first kappa shape index (κ1) is 10.5. The summed E-state index contributed by atoms with van der Waals surface area (Å²) in [6, 6.07) is 0. The van der Waals surface area contributed by atoms with Crippen LogP contribution >= 0.6 is 11.6 Å². The van der Waals surface area contributed by atoms with Crippen LogP contribution in [0.15, 0.2) is 6.20 Å². The molecule has 0 saturated carbocycles. The maximum absolute atomic E-state index is 6.10. The molecule has 1 aromatic rings. The zero-order valence-electron chi connectivity index (χ0n) is 8.25. The second-order valence-corrected chi connectivity index (χ2v) is 3.62. The Morgan fingerprint density at radius 1 is 1.62 bits per heavy atom. The predicted octanol–water partition coefficient (Wildman–Crippen LogP) is 2.31. The minimum absolute atomic E-state index is 0.420. The summed E-state index contributed by atoms with van der Waals surface area (Å²) in [5.41, 5.74) is 1.10. The van der Waals surface area contributed by atoms with Gasteiger partial charge in [-0.15, -0.1) is 0 Å². The van der Waals surface area contributed by atoms with Crippen LogP contribution in [0.2, 0.25) is 5.15 Å². The highest BCUT2D eigenvalue weighted by molar-refractivity contribution is 6.30. The molecule has 0 amide bonds. The van der Waals surface area contributed by atoms with Crippen molar-refractivity contribution in [3.63, 3.8) is 0 Å². The standard InChI is InChI=1S/C9H15ClN2O/c1-7(2)8-6-11-12(9(8)10)4-5-13-3/h6-7H,4-5H2,1-3H3. The largest absolute Gasteiger partial charge is 0.383 e. The lowest BCUT2D eigenvalue weighted by Gasteiger charge is -2.04. The molecule has 3 nitrogen and oxygen atoms in total. The van der Waals surface area contributed by atoms with E-state index in [0.717, 1.165) is 10.7 Å². The van der Waals surface area contributed by atoms with E-state index in [1.807, 2.05) is 6.20 Å². The van der Waals surface area contributed by atoms with Gasteiger partial charge in [-0.1, -0.05) is 25.4 Å². The van der Waals surface area contributed by atoms with Gasteiger partial charge in [-0.3, -0.25) is 4.68 Å². The Bertz CT molecular complexity index is 271.